The van der Waals surface area contributed by atoms with Crippen molar-refractivity contribution in [3.05, 3.63) is 0 Å². The molecule has 5 heteroatoms. The van der Waals surface area contributed by atoms with Crippen LogP contribution in [0.4, 0.5) is 4.79 Å². The van der Waals surface area contributed by atoms with Crippen LogP contribution in [0.2, 0.25) is 19.6 Å². The van der Waals surface area contributed by atoms with Gasteiger partial charge in [0, 0.05) is 12.2 Å². The SMILES string of the molecule is CCOC(=O)N1CCC(O)CC1[Si](C)(C)C. The zero-order chi connectivity index (χ0) is 12.3. The van der Waals surface area contributed by atoms with Gasteiger partial charge in [-0.2, -0.15) is 0 Å². The van der Waals surface area contributed by atoms with Gasteiger partial charge in [0.2, 0.25) is 0 Å². The van der Waals surface area contributed by atoms with Crippen LogP contribution in [-0.2, 0) is 4.74 Å². The first-order chi connectivity index (χ1) is 7.36. The van der Waals surface area contributed by atoms with Crippen molar-refractivity contribution in [2.75, 3.05) is 13.2 Å². The number of carbonyl (C=O) groups excluding carboxylic acids is 1. The zero-order valence-corrected chi connectivity index (χ0v) is 11.7. The van der Waals surface area contributed by atoms with Crippen molar-refractivity contribution in [3.8, 4) is 0 Å². The maximum Gasteiger partial charge on any atom is 0.409 e. The molecule has 1 amide bonds. The lowest BCUT2D eigenvalue weighted by Crippen LogP contribution is -2.58. The van der Waals surface area contributed by atoms with Gasteiger partial charge in [-0.05, 0) is 19.8 Å². The van der Waals surface area contributed by atoms with Gasteiger partial charge >= 0.3 is 6.09 Å². The van der Waals surface area contributed by atoms with E-state index < -0.39 is 8.07 Å². The van der Waals surface area contributed by atoms with E-state index >= 15 is 0 Å². The third kappa shape index (κ3) is 3.22. The highest BCUT2D eigenvalue weighted by molar-refractivity contribution is 6.77. The lowest BCUT2D eigenvalue weighted by Gasteiger charge is -2.43. The molecule has 0 aromatic rings. The lowest BCUT2D eigenvalue weighted by molar-refractivity contribution is 0.0486. The van der Waals surface area contributed by atoms with E-state index in [0.717, 1.165) is 0 Å². The molecule has 94 valence electrons. The molecule has 0 aliphatic carbocycles. The molecule has 0 saturated carbocycles. The van der Waals surface area contributed by atoms with Crippen LogP contribution in [0.3, 0.4) is 0 Å². The molecule has 1 fully saturated rings. The third-order valence-electron chi connectivity index (χ3n) is 3.08. The summed E-state index contributed by atoms with van der Waals surface area (Å²) < 4.78 is 5.07. The van der Waals surface area contributed by atoms with E-state index in [2.05, 4.69) is 19.6 Å². The summed E-state index contributed by atoms with van der Waals surface area (Å²) in [7, 11) is -1.49. The Hall–Kier alpha value is -0.553. The number of piperidine rings is 1. The van der Waals surface area contributed by atoms with Gasteiger partial charge < -0.3 is 14.7 Å². The predicted molar refractivity (Wildman–Crippen MR) is 66.1 cm³/mol. The number of rotatable bonds is 2. The topological polar surface area (TPSA) is 49.8 Å². The Labute approximate surface area is 98.6 Å². The van der Waals surface area contributed by atoms with Crippen LogP contribution >= 0.6 is 0 Å². The van der Waals surface area contributed by atoms with Crippen molar-refractivity contribution in [2.24, 2.45) is 0 Å². The Balaban J connectivity index is 2.76. The van der Waals surface area contributed by atoms with Crippen LogP contribution in [-0.4, -0.2) is 49.1 Å². The number of likely N-dealkylation sites (tertiary alicyclic amines) is 1. The first-order valence-corrected chi connectivity index (χ1v) is 9.55. The van der Waals surface area contributed by atoms with E-state index in [1.165, 1.54) is 0 Å². The van der Waals surface area contributed by atoms with Gasteiger partial charge in [0.15, 0.2) is 0 Å². The molecule has 0 radical (unpaired) electrons. The second-order valence-corrected chi connectivity index (χ2v) is 10.9. The number of nitrogens with zero attached hydrogens (tertiary/aromatic N) is 1. The van der Waals surface area contributed by atoms with E-state index in [1.807, 2.05) is 11.8 Å². The average Bonchev–Trinajstić information content (AvgIpc) is 2.16. The fourth-order valence-corrected chi connectivity index (χ4v) is 4.34. The molecular weight excluding hydrogens is 222 g/mol. The number of hydrogen-bond acceptors (Lipinski definition) is 3. The van der Waals surface area contributed by atoms with Crippen molar-refractivity contribution in [1.29, 1.82) is 0 Å². The summed E-state index contributed by atoms with van der Waals surface area (Å²) in [6.45, 7) is 9.53. The second kappa shape index (κ2) is 5.18. The highest BCUT2D eigenvalue weighted by Crippen LogP contribution is 2.26. The number of ether oxygens (including phenoxy) is 1. The van der Waals surface area contributed by atoms with E-state index in [1.54, 1.807) is 0 Å². The highest BCUT2D eigenvalue weighted by atomic mass is 28.3. The summed E-state index contributed by atoms with van der Waals surface area (Å²) in [4.78, 5) is 13.6. The van der Waals surface area contributed by atoms with E-state index in [0.29, 0.717) is 26.0 Å². The van der Waals surface area contributed by atoms with E-state index in [9.17, 15) is 9.90 Å². The predicted octanol–water partition coefficient (Wildman–Crippen LogP) is 1.85. The Kier molecular flexibility index (Phi) is 4.38. The van der Waals surface area contributed by atoms with Crippen LogP contribution in [0, 0.1) is 0 Å². The fourth-order valence-electron chi connectivity index (χ4n) is 2.19. The van der Waals surface area contributed by atoms with Gasteiger partial charge in [-0.1, -0.05) is 19.6 Å². The molecule has 0 bridgehead atoms. The highest BCUT2D eigenvalue weighted by Gasteiger charge is 2.39. The van der Waals surface area contributed by atoms with Gasteiger partial charge in [0.1, 0.15) is 0 Å². The normalized spacial score (nSPS) is 26.7. The largest absolute Gasteiger partial charge is 0.450 e. The second-order valence-electron chi connectivity index (χ2n) is 5.45. The standard InChI is InChI=1S/C11H23NO3Si/c1-5-15-11(14)12-7-6-9(13)8-10(12)16(2,3)4/h9-10,13H,5-8H2,1-4H3. The molecule has 1 aliphatic heterocycles. The molecule has 1 heterocycles. The Morgan fingerprint density at radius 2 is 2.12 bits per heavy atom. The van der Waals surface area contributed by atoms with Gasteiger partial charge in [-0.25, -0.2) is 4.79 Å². The minimum absolute atomic E-state index is 0.190. The van der Waals surface area contributed by atoms with Gasteiger partial charge in [0.05, 0.1) is 20.8 Å². The maximum atomic E-state index is 11.8. The molecule has 2 atom stereocenters. The number of carbonyl (C=O) groups is 1. The minimum Gasteiger partial charge on any atom is -0.450 e. The van der Waals surface area contributed by atoms with E-state index in [-0.39, 0.29) is 17.9 Å². The average molecular weight is 245 g/mol. The van der Waals surface area contributed by atoms with Crippen molar-refractivity contribution < 1.29 is 14.6 Å². The molecule has 0 aromatic heterocycles. The smallest absolute Gasteiger partial charge is 0.409 e. The molecule has 0 aromatic carbocycles. The first kappa shape index (κ1) is 13.5. The summed E-state index contributed by atoms with van der Waals surface area (Å²) in [6.07, 6.45) is 0.887. The summed E-state index contributed by atoms with van der Waals surface area (Å²) in [5.41, 5.74) is 0.190. The molecule has 2 unspecified atom stereocenters. The molecule has 1 rings (SSSR count). The Bertz CT molecular complexity index is 252. The summed E-state index contributed by atoms with van der Waals surface area (Å²) in [5, 5.41) is 9.72. The lowest BCUT2D eigenvalue weighted by atomic mass is 10.1. The summed E-state index contributed by atoms with van der Waals surface area (Å²) in [5.74, 6) is 0. The number of aliphatic hydroxyl groups excluding tert-OH is 1. The van der Waals surface area contributed by atoms with Crippen molar-refractivity contribution in [1.82, 2.24) is 4.90 Å². The van der Waals surface area contributed by atoms with Gasteiger partial charge in [-0.3, -0.25) is 0 Å². The third-order valence-corrected chi connectivity index (χ3v) is 5.62. The van der Waals surface area contributed by atoms with Crippen LogP contribution in [0.25, 0.3) is 0 Å². The maximum absolute atomic E-state index is 11.8. The molecule has 1 saturated heterocycles. The van der Waals surface area contributed by atoms with Crippen molar-refractivity contribution in [2.45, 2.75) is 51.2 Å². The van der Waals surface area contributed by atoms with E-state index in [4.69, 9.17) is 4.74 Å². The molecule has 1 N–H and O–H groups in total. The number of hydrogen-bond donors (Lipinski definition) is 1. The zero-order valence-electron chi connectivity index (χ0n) is 10.7. The van der Waals surface area contributed by atoms with Gasteiger partial charge in [-0.15, -0.1) is 0 Å². The fraction of sp³-hybridized carbons (Fsp3) is 0.909. The van der Waals surface area contributed by atoms with Crippen molar-refractivity contribution in [3.63, 3.8) is 0 Å². The quantitative estimate of drug-likeness (QED) is 0.755. The number of aliphatic hydroxyl groups is 1. The molecule has 0 spiro atoms. The Morgan fingerprint density at radius 3 is 2.62 bits per heavy atom. The summed E-state index contributed by atoms with van der Waals surface area (Å²) >= 11 is 0. The van der Waals surface area contributed by atoms with Crippen molar-refractivity contribution >= 4 is 14.2 Å². The van der Waals surface area contributed by atoms with Crippen LogP contribution < -0.4 is 0 Å². The molecule has 4 nitrogen and oxygen atoms in total. The van der Waals surface area contributed by atoms with Crippen LogP contribution in [0.5, 0.6) is 0 Å². The minimum atomic E-state index is -1.49. The monoisotopic (exact) mass is 245 g/mol. The van der Waals surface area contributed by atoms with Gasteiger partial charge in [0.25, 0.3) is 0 Å². The van der Waals surface area contributed by atoms with Crippen LogP contribution in [0.15, 0.2) is 0 Å². The molecular formula is C11H23NO3Si. The van der Waals surface area contributed by atoms with Crippen LogP contribution in [0.1, 0.15) is 19.8 Å². The number of amides is 1. The summed E-state index contributed by atoms with van der Waals surface area (Å²) in [6, 6.07) is 0. The Morgan fingerprint density at radius 1 is 1.50 bits per heavy atom. The first-order valence-electron chi connectivity index (χ1n) is 5.97. The molecule has 1 aliphatic rings. The molecule has 16 heavy (non-hydrogen) atoms.